The summed E-state index contributed by atoms with van der Waals surface area (Å²) in [5.74, 6) is 1.89. The largest absolute Gasteiger partial charge is 1.00 e. The number of thiol groups is 1. The number of carbonyl (C=O) groups excluding carboxylic acids is 3. The molecule has 12 nitrogen and oxygen atoms in total. The number of benzene rings is 9. The molecule has 0 amide bonds. The summed E-state index contributed by atoms with van der Waals surface area (Å²) in [4.78, 5) is 48.3. The van der Waals surface area contributed by atoms with Crippen LogP contribution >= 0.6 is 108 Å². The van der Waals surface area contributed by atoms with Gasteiger partial charge in [-0.2, -0.15) is 44.6 Å². The first kappa shape index (κ1) is 110. The molecule has 133 heavy (non-hydrogen) atoms. The third-order valence-corrected chi connectivity index (χ3v) is 29.5. The van der Waals surface area contributed by atoms with Gasteiger partial charge in [-0.05, 0) is 294 Å². The van der Waals surface area contributed by atoms with E-state index < -0.39 is 27.8 Å². The number of aliphatic hydroxyl groups is 1. The summed E-state index contributed by atoms with van der Waals surface area (Å²) in [5, 5.41) is 27.8. The van der Waals surface area contributed by atoms with Crippen LogP contribution in [0.2, 0.25) is 15.1 Å². The van der Waals surface area contributed by atoms with Crippen molar-refractivity contribution in [3.63, 3.8) is 0 Å². The van der Waals surface area contributed by atoms with Crippen molar-refractivity contribution < 1.29 is 72.9 Å². The number of carbonyl (C=O) groups is 3. The maximum atomic E-state index is 12.1. The summed E-state index contributed by atoms with van der Waals surface area (Å²) < 4.78 is 34.4. The SMILES string of the molecule is C.CC(=O)CC1(CS[C@H](CCc2ccccc2C(C)(C)C)c2cccc(/C=C/c3ccc4ccc(Cl)cc4n3)c2)CC1.CC(C)(C)c1ccccc1CC[C@H](OS(C)(=O)=O)c1cccc(/C=C/c2ccc3ccc(Cl)cc3n2)c1.CC(C)(O)c1ccccc1CC[C@@H](SCC1(CC(=O)[O-])CC1)c1cccc(/C=C/c2ccc3ccc(Cl)cc3n2)c1.COC(=O)CC1(CS)CC1.II.[H+].[Na+]. The van der Waals surface area contributed by atoms with Gasteiger partial charge >= 0.3 is 37.0 Å². The van der Waals surface area contributed by atoms with E-state index in [1.54, 1.807) is 6.92 Å². The van der Waals surface area contributed by atoms with Gasteiger partial charge < -0.3 is 24.5 Å². The van der Waals surface area contributed by atoms with E-state index in [0.29, 0.717) is 51.8 Å². The molecule has 0 unspecified atom stereocenters. The average molecular weight is 2160 g/mol. The van der Waals surface area contributed by atoms with E-state index in [1.165, 1.54) is 58.9 Å². The molecule has 0 bridgehead atoms. The number of rotatable bonds is 34. The van der Waals surface area contributed by atoms with E-state index in [4.69, 9.17) is 49.0 Å². The van der Waals surface area contributed by atoms with Crippen molar-refractivity contribution in [3.05, 3.63) is 335 Å². The second-order valence-corrected chi connectivity index (χ2v) is 43.2. The summed E-state index contributed by atoms with van der Waals surface area (Å²) >= 11 is 30.8. The normalized spacial score (nSPS) is 14.7. The number of esters is 1. The molecular weight excluding hydrogens is 2030 g/mol. The van der Waals surface area contributed by atoms with E-state index >= 15 is 0 Å². The van der Waals surface area contributed by atoms with E-state index in [2.05, 4.69) is 216 Å². The number of ketones is 1. The fourth-order valence-corrected chi connectivity index (χ4v) is 21.2. The fourth-order valence-electron chi connectivity index (χ4n) is 16.5. The maximum Gasteiger partial charge on any atom is 1.00 e. The van der Waals surface area contributed by atoms with Gasteiger partial charge in [0.15, 0.2) is 0 Å². The molecule has 0 spiro atoms. The van der Waals surface area contributed by atoms with Crippen molar-refractivity contribution in [3.8, 4) is 0 Å². The van der Waals surface area contributed by atoms with Crippen LogP contribution in [0.5, 0.6) is 0 Å². The number of carboxylic acid groups (broad SMARTS) is 1. The molecule has 3 fully saturated rings. The van der Waals surface area contributed by atoms with Crippen LogP contribution in [-0.2, 0) is 69.1 Å². The summed E-state index contributed by atoms with van der Waals surface area (Å²) in [5.41, 5.74) is 18.6. The van der Waals surface area contributed by atoms with Gasteiger partial charge in [0.25, 0.3) is 10.1 Å². The number of fused-ring (bicyclic) bond motifs is 3. The van der Waals surface area contributed by atoms with Crippen molar-refractivity contribution in [2.45, 2.75) is 199 Å². The van der Waals surface area contributed by atoms with Gasteiger partial charge in [0, 0.05) is 91.3 Å². The number of halogens is 5. The predicted molar refractivity (Wildman–Crippen MR) is 579 cm³/mol. The first-order valence-electron chi connectivity index (χ1n) is 44.5. The zero-order chi connectivity index (χ0) is 94.3. The molecule has 0 radical (unpaired) electrons. The number of pyridine rings is 3. The van der Waals surface area contributed by atoms with Crippen LogP contribution in [0.1, 0.15) is 249 Å². The van der Waals surface area contributed by atoms with Gasteiger partial charge in [-0.1, -0.05) is 278 Å². The summed E-state index contributed by atoms with van der Waals surface area (Å²) in [7, 11) is -2.22. The number of methoxy groups -OCH3 is 1. The van der Waals surface area contributed by atoms with Crippen molar-refractivity contribution in [1.82, 2.24) is 15.0 Å². The van der Waals surface area contributed by atoms with E-state index in [1.807, 2.05) is 195 Å². The second kappa shape index (κ2) is 50.7. The minimum absolute atomic E-state index is 0. The van der Waals surface area contributed by atoms with Gasteiger partial charge in [-0.25, -0.2) is 15.0 Å². The molecule has 3 aromatic heterocycles. The summed E-state index contributed by atoms with van der Waals surface area (Å²) in [6.07, 6.45) is 25.6. The van der Waals surface area contributed by atoms with Gasteiger partial charge in [0.05, 0.1) is 59.0 Å². The number of hydrogen-bond acceptors (Lipinski definition) is 15. The minimum Gasteiger partial charge on any atom is -0.550 e. The summed E-state index contributed by atoms with van der Waals surface area (Å²) in [6.45, 7) is 18.8. The maximum absolute atomic E-state index is 12.1. The van der Waals surface area contributed by atoms with Crippen molar-refractivity contribution in [1.29, 1.82) is 0 Å². The zero-order valence-corrected chi connectivity index (χ0v) is 89.5. The smallest absolute Gasteiger partial charge is 0.550 e. The van der Waals surface area contributed by atoms with Crippen LogP contribution in [0.4, 0.5) is 0 Å². The van der Waals surface area contributed by atoms with Gasteiger partial charge in [-0.15, -0.1) is 0 Å². The van der Waals surface area contributed by atoms with E-state index in [9.17, 15) is 33.0 Å². The third-order valence-electron chi connectivity index (χ3n) is 24.1. The number of carboxylic acids is 1. The van der Waals surface area contributed by atoms with E-state index in [-0.39, 0.29) is 83.1 Å². The van der Waals surface area contributed by atoms with Crippen LogP contribution in [0, 0.1) is 16.2 Å². The molecule has 3 saturated carbocycles. The first-order valence-corrected chi connectivity index (χ1v) is 56.5. The molecular formula is C111H124Cl3I2N3NaO9S4+. The fraction of sp³-hybridized carbons (Fsp3) is 0.351. The van der Waals surface area contributed by atoms with Gasteiger partial charge in [0.1, 0.15) is 11.9 Å². The molecule has 22 heteroatoms. The van der Waals surface area contributed by atoms with Gasteiger partial charge in [0.2, 0.25) is 0 Å². The Labute approximate surface area is 865 Å². The number of ether oxygens (including phenoxy) is 1. The molecule has 0 aliphatic heterocycles. The molecule has 3 aliphatic carbocycles. The summed E-state index contributed by atoms with van der Waals surface area (Å²) in [6, 6.07) is 79.9. The minimum atomic E-state index is -3.65. The molecule has 0 saturated heterocycles. The van der Waals surface area contributed by atoms with Crippen LogP contribution in [0.3, 0.4) is 0 Å². The number of aliphatic carboxylic acids is 1. The average Bonchev–Trinajstić information content (AvgIpc) is 1.66. The Hall–Kier alpha value is -6.71. The Morgan fingerprint density at radius 1 is 0.489 bits per heavy atom. The van der Waals surface area contributed by atoms with Gasteiger partial charge in [-0.3, -0.25) is 8.98 Å². The van der Waals surface area contributed by atoms with Crippen LogP contribution in [-0.4, -0.2) is 76.8 Å². The topological polar surface area (TPSA) is 186 Å². The zero-order valence-electron chi connectivity index (χ0n) is 78.6. The monoisotopic (exact) mass is 2150 g/mol. The number of hydrogen-bond donors (Lipinski definition) is 2. The molecule has 696 valence electrons. The number of thioether (sulfide) groups is 2. The standard InChI is InChI=1S/C37H40ClNOS.C35H36ClNO3S.C31H32ClNO3S.C7H12O2S.CH4.I2.Na/c1-26(40)24-37(20-21-37)25-41-35(19-15-28-9-5-6-11-33(28)36(2,3)4)30-10-7-8-27(22-30)12-17-32-18-14-29-13-16-31(38)23-34(29)39-32;1-34(2,40)30-9-4-3-7-25(30)13-17-32(41-23-35(18-19-35)22-33(38)39)27-8-5-6-24(20-27)10-15-29-16-12-26-11-14-28(36)21-31(26)37-29;1-31(2,3)28-11-6-5-9-23(28)15-19-30(36-37(4,34)35)25-10-7-8-22(20-25)12-17-27-18-14-24-13-16-26(32)21-29(24)33-27;1-9-6(8)4-7(5-10)2-3-7;;1-2;/h5-14,16-18,22-23,35H,15,19-21,24-25H2,1-4H3;3-12,14-16,20-21,32,40H,13,17-19,22-23H2,1-2H3,(H,38,39);5-14,16-18,20-21,30H,15,19H2,1-4H3;10H,2-5H2,1H3;1H4;;/q;;;;;;+1/b17-12+;15-10+;17-12+;;;;/t35-;32-;30-;;;;/m110..../s1. The Bertz CT molecular complexity index is 5930. The molecule has 12 aromatic rings. The number of aromatic nitrogens is 3. The second-order valence-electron chi connectivity index (χ2n) is 37.6. The van der Waals surface area contributed by atoms with Crippen molar-refractivity contribution in [2.24, 2.45) is 16.2 Å². The van der Waals surface area contributed by atoms with Crippen molar-refractivity contribution >= 4 is 205 Å². The van der Waals surface area contributed by atoms with Crippen molar-refractivity contribution in [2.75, 3.05) is 30.6 Å². The van der Waals surface area contributed by atoms with Crippen LogP contribution < -0.4 is 34.7 Å². The Kier molecular flexibility index (Phi) is 41.9. The van der Waals surface area contributed by atoms with E-state index in [0.717, 1.165) is 152 Å². The molecule has 3 atom stereocenters. The molecule has 9 aromatic carbocycles. The number of nitrogens with zero attached hydrogens (tertiary/aromatic N) is 3. The Balaban J connectivity index is 0.000000230. The van der Waals surface area contributed by atoms with Crippen LogP contribution in [0.25, 0.3) is 69.2 Å². The molecule has 3 aliphatic rings. The quantitative estimate of drug-likeness (QED) is 0.0128. The number of Topliss-reactive ketones (excluding diaryl/α,β-unsaturated/α-hetero) is 1. The van der Waals surface area contributed by atoms with Crippen LogP contribution in [0.15, 0.2) is 237 Å². The Morgan fingerprint density at radius 2 is 0.835 bits per heavy atom. The molecule has 15 rings (SSSR count). The molecule has 3 heterocycles. The Morgan fingerprint density at radius 3 is 1.18 bits per heavy atom. The number of aryl methyl sites for hydroxylation is 3. The predicted octanol–water partition coefficient (Wildman–Crippen LogP) is 26.9. The molecule has 1 N–H and O–H groups in total. The third kappa shape index (κ3) is 34.7. The first-order chi connectivity index (χ1) is 62.4.